The minimum absolute atomic E-state index is 0.603. The minimum Gasteiger partial charge on any atom is -0.312 e. The van der Waals surface area contributed by atoms with Crippen molar-refractivity contribution in [1.82, 2.24) is 5.32 Å². The third-order valence-electron chi connectivity index (χ3n) is 2.44. The average molecular weight is 157 g/mol. The third kappa shape index (κ3) is 4.41. The van der Waals surface area contributed by atoms with Crippen molar-refractivity contribution >= 4 is 0 Å². The molecule has 0 amide bonds. The topological polar surface area (TPSA) is 12.0 Å². The molecule has 0 heterocycles. The Morgan fingerprint density at radius 3 is 1.55 bits per heavy atom. The number of hydrogen-bond donors (Lipinski definition) is 1. The first-order valence-corrected chi connectivity index (χ1v) is 4.71. The van der Waals surface area contributed by atoms with Crippen LogP contribution in [-0.4, -0.2) is 12.1 Å². The predicted molar refractivity (Wildman–Crippen MR) is 51.7 cm³/mol. The van der Waals surface area contributed by atoms with Crippen LogP contribution in [0.3, 0.4) is 0 Å². The number of nitrogens with one attached hydrogen (secondary N) is 1. The van der Waals surface area contributed by atoms with Gasteiger partial charge in [0.15, 0.2) is 0 Å². The fourth-order valence-electron chi connectivity index (χ4n) is 1.25. The van der Waals surface area contributed by atoms with Gasteiger partial charge in [0.05, 0.1) is 0 Å². The third-order valence-corrected chi connectivity index (χ3v) is 2.44. The lowest BCUT2D eigenvalue weighted by atomic mass is 9.91. The summed E-state index contributed by atoms with van der Waals surface area (Å²) in [6.45, 7) is 13.5. The maximum atomic E-state index is 3.52. The van der Waals surface area contributed by atoms with Crippen molar-refractivity contribution in [2.24, 2.45) is 11.8 Å². The van der Waals surface area contributed by atoms with Crippen molar-refractivity contribution in [2.45, 2.75) is 53.6 Å². The molecule has 0 aliphatic heterocycles. The zero-order chi connectivity index (χ0) is 9.02. The summed E-state index contributed by atoms with van der Waals surface area (Å²) in [4.78, 5) is 0. The van der Waals surface area contributed by atoms with E-state index in [0.29, 0.717) is 12.1 Å². The van der Waals surface area contributed by atoms with Gasteiger partial charge in [-0.3, -0.25) is 0 Å². The molecule has 0 aromatic heterocycles. The fraction of sp³-hybridized carbons (Fsp3) is 1.00. The molecule has 0 aromatic carbocycles. The summed E-state index contributed by atoms with van der Waals surface area (Å²) in [5, 5.41) is 3.52. The van der Waals surface area contributed by atoms with Gasteiger partial charge in [0.2, 0.25) is 0 Å². The molecule has 0 aromatic rings. The van der Waals surface area contributed by atoms with E-state index in [9.17, 15) is 0 Å². The van der Waals surface area contributed by atoms with E-state index in [2.05, 4.69) is 46.9 Å². The van der Waals surface area contributed by atoms with Gasteiger partial charge in [0.25, 0.3) is 0 Å². The van der Waals surface area contributed by atoms with Crippen LogP contribution in [0.25, 0.3) is 0 Å². The summed E-state index contributed by atoms with van der Waals surface area (Å²) in [6.07, 6.45) is 0. The van der Waals surface area contributed by atoms with Crippen LogP contribution in [0, 0.1) is 11.8 Å². The maximum absolute atomic E-state index is 3.52. The van der Waals surface area contributed by atoms with E-state index in [1.165, 1.54) is 0 Å². The molecule has 0 radical (unpaired) electrons. The lowest BCUT2D eigenvalue weighted by Crippen LogP contribution is -2.38. The van der Waals surface area contributed by atoms with Crippen LogP contribution in [-0.2, 0) is 0 Å². The maximum Gasteiger partial charge on any atom is 0.00691 e. The highest BCUT2D eigenvalue weighted by molar-refractivity contribution is 4.72. The first-order chi connectivity index (χ1) is 4.95. The van der Waals surface area contributed by atoms with Crippen LogP contribution in [0.4, 0.5) is 0 Å². The Balaban J connectivity index is 3.73. The molecule has 0 spiro atoms. The smallest absolute Gasteiger partial charge is 0.00691 e. The summed E-state index contributed by atoms with van der Waals surface area (Å²) in [6, 6.07) is 1.24. The van der Waals surface area contributed by atoms with Gasteiger partial charge in [-0.05, 0) is 18.8 Å². The molecule has 1 heteroatoms. The Bertz CT molecular complexity index is 97.0. The predicted octanol–water partition coefficient (Wildman–Crippen LogP) is 2.67. The van der Waals surface area contributed by atoms with E-state index in [1.807, 2.05) is 0 Å². The molecular weight excluding hydrogens is 134 g/mol. The zero-order valence-electron chi connectivity index (χ0n) is 8.81. The minimum atomic E-state index is 0.603. The molecule has 11 heavy (non-hydrogen) atoms. The van der Waals surface area contributed by atoms with Crippen LogP contribution >= 0.6 is 0 Å². The lowest BCUT2D eigenvalue weighted by molar-refractivity contribution is 0.301. The van der Waals surface area contributed by atoms with E-state index < -0.39 is 0 Å². The second kappa shape index (κ2) is 4.76. The van der Waals surface area contributed by atoms with Crippen LogP contribution < -0.4 is 5.32 Å². The van der Waals surface area contributed by atoms with E-state index in [1.54, 1.807) is 0 Å². The summed E-state index contributed by atoms with van der Waals surface area (Å²) in [7, 11) is 0. The largest absolute Gasteiger partial charge is 0.312 e. The van der Waals surface area contributed by atoms with Crippen LogP contribution in [0.1, 0.15) is 41.5 Å². The molecule has 1 nitrogen and oxygen atoms in total. The van der Waals surface area contributed by atoms with Crippen molar-refractivity contribution in [2.75, 3.05) is 0 Å². The molecule has 0 aliphatic carbocycles. The van der Waals surface area contributed by atoms with Crippen LogP contribution in [0.2, 0.25) is 0 Å². The molecule has 0 aliphatic rings. The number of rotatable bonds is 4. The van der Waals surface area contributed by atoms with E-state index in [4.69, 9.17) is 0 Å². The highest BCUT2D eigenvalue weighted by Crippen LogP contribution is 2.14. The van der Waals surface area contributed by atoms with Crippen molar-refractivity contribution < 1.29 is 0 Å². The van der Waals surface area contributed by atoms with Crippen molar-refractivity contribution in [3.8, 4) is 0 Å². The molecule has 0 unspecified atom stereocenters. The average Bonchev–Trinajstić information content (AvgIpc) is 1.84. The summed E-state index contributed by atoms with van der Waals surface area (Å²) in [5.41, 5.74) is 0. The highest BCUT2D eigenvalue weighted by Gasteiger charge is 2.15. The Hall–Kier alpha value is -0.0400. The van der Waals surface area contributed by atoms with Gasteiger partial charge < -0.3 is 5.32 Å². The van der Waals surface area contributed by atoms with Gasteiger partial charge in [-0.25, -0.2) is 0 Å². The van der Waals surface area contributed by atoms with Gasteiger partial charge in [-0.2, -0.15) is 0 Å². The second-order valence-corrected chi connectivity index (χ2v) is 4.21. The summed E-state index contributed by atoms with van der Waals surface area (Å²) >= 11 is 0. The first-order valence-electron chi connectivity index (χ1n) is 4.71. The molecule has 0 rings (SSSR count). The highest BCUT2D eigenvalue weighted by atomic mass is 14.9. The van der Waals surface area contributed by atoms with Crippen LogP contribution in [0.5, 0.6) is 0 Å². The van der Waals surface area contributed by atoms with Gasteiger partial charge in [0, 0.05) is 12.1 Å². The van der Waals surface area contributed by atoms with Crippen molar-refractivity contribution in [3.05, 3.63) is 0 Å². The quantitative estimate of drug-likeness (QED) is 0.661. The molecule has 68 valence electrons. The Morgan fingerprint density at radius 2 is 1.27 bits per heavy atom. The van der Waals surface area contributed by atoms with Crippen molar-refractivity contribution in [3.63, 3.8) is 0 Å². The SMILES string of the molecule is CC(C)N[C@H](C)[C@@H](C)C(C)C. The van der Waals surface area contributed by atoms with E-state index in [0.717, 1.165) is 11.8 Å². The Labute approximate surface area is 71.6 Å². The molecule has 0 saturated heterocycles. The molecule has 1 N–H and O–H groups in total. The van der Waals surface area contributed by atoms with Gasteiger partial charge >= 0.3 is 0 Å². The second-order valence-electron chi connectivity index (χ2n) is 4.21. The standard InChI is InChI=1S/C10H23N/c1-7(2)9(5)10(6)11-8(3)4/h7-11H,1-6H3/t9-,10+/m0/s1. The van der Waals surface area contributed by atoms with Gasteiger partial charge in [-0.15, -0.1) is 0 Å². The summed E-state index contributed by atoms with van der Waals surface area (Å²) in [5.74, 6) is 1.54. The first kappa shape index (κ1) is 11.0. The monoisotopic (exact) mass is 157 g/mol. The summed E-state index contributed by atoms with van der Waals surface area (Å²) < 4.78 is 0. The van der Waals surface area contributed by atoms with E-state index >= 15 is 0 Å². The lowest BCUT2D eigenvalue weighted by Gasteiger charge is -2.26. The van der Waals surface area contributed by atoms with Crippen LogP contribution in [0.15, 0.2) is 0 Å². The molecule has 0 saturated carbocycles. The van der Waals surface area contributed by atoms with E-state index in [-0.39, 0.29) is 0 Å². The molecular formula is C10H23N. The molecule has 0 fully saturated rings. The van der Waals surface area contributed by atoms with Gasteiger partial charge in [-0.1, -0.05) is 34.6 Å². The molecule has 2 atom stereocenters. The fourth-order valence-corrected chi connectivity index (χ4v) is 1.25. The normalized spacial score (nSPS) is 17.5. The Morgan fingerprint density at radius 1 is 0.818 bits per heavy atom. The molecule has 0 bridgehead atoms. The van der Waals surface area contributed by atoms with Gasteiger partial charge in [0.1, 0.15) is 0 Å². The number of hydrogen-bond acceptors (Lipinski definition) is 1. The zero-order valence-corrected chi connectivity index (χ0v) is 8.81. The Kier molecular flexibility index (Phi) is 4.74. The van der Waals surface area contributed by atoms with Crippen molar-refractivity contribution in [1.29, 1.82) is 0 Å².